The second kappa shape index (κ2) is 7.36. The van der Waals surface area contributed by atoms with E-state index in [9.17, 15) is 4.39 Å². The fraction of sp³-hybridized carbons (Fsp3) is 0.471. The number of benzene rings is 1. The lowest BCUT2D eigenvalue weighted by molar-refractivity contribution is 0.599. The van der Waals surface area contributed by atoms with Gasteiger partial charge in [-0.2, -0.15) is 5.10 Å². The zero-order chi connectivity index (χ0) is 15.2. The third kappa shape index (κ3) is 3.70. The Morgan fingerprint density at radius 3 is 2.57 bits per heavy atom. The van der Waals surface area contributed by atoms with Crippen molar-refractivity contribution in [1.29, 1.82) is 0 Å². The van der Waals surface area contributed by atoms with Gasteiger partial charge in [0.1, 0.15) is 11.5 Å². The van der Waals surface area contributed by atoms with E-state index < -0.39 is 0 Å². The first-order valence-corrected chi connectivity index (χ1v) is 7.76. The number of aryl methyl sites for hydroxylation is 2. The summed E-state index contributed by atoms with van der Waals surface area (Å²) in [6, 6.07) is 7.44. The van der Waals surface area contributed by atoms with E-state index in [1.54, 1.807) is 10.7 Å². The Morgan fingerprint density at radius 2 is 1.95 bits per heavy atom. The molecule has 2 aromatic rings. The van der Waals surface area contributed by atoms with Crippen molar-refractivity contribution in [2.24, 2.45) is 0 Å². The monoisotopic (exact) mass is 289 g/mol. The third-order valence-corrected chi connectivity index (χ3v) is 3.55. The van der Waals surface area contributed by atoms with E-state index in [1.165, 1.54) is 0 Å². The molecule has 0 fully saturated rings. The van der Waals surface area contributed by atoms with Crippen LogP contribution in [0, 0.1) is 5.82 Å². The van der Waals surface area contributed by atoms with Crippen LogP contribution in [0.25, 0.3) is 5.69 Å². The van der Waals surface area contributed by atoms with Gasteiger partial charge in [0.15, 0.2) is 0 Å². The van der Waals surface area contributed by atoms with Gasteiger partial charge >= 0.3 is 0 Å². The Labute approximate surface area is 126 Å². The zero-order valence-electron chi connectivity index (χ0n) is 13.1. The van der Waals surface area contributed by atoms with Crippen LogP contribution in [-0.4, -0.2) is 16.3 Å². The van der Waals surface area contributed by atoms with Crippen LogP contribution in [0.1, 0.15) is 44.1 Å². The van der Waals surface area contributed by atoms with Gasteiger partial charge in [-0.15, -0.1) is 0 Å². The van der Waals surface area contributed by atoms with Crippen LogP contribution < -0.4 is 5.32 Å². The number of nitrogens with zero attached hydrogens (tertiary/aromatic N) is 2. The van der Waals surface area contributed by atoms with E-state index in [4.69, 9.17) is 0 Å². The fourth-order valence-corrected chi connectivity index (χ4v) is 2.35. The van der Waals surface area contributed by atoms with Crippen molar-refractivity contribution in [3.63, 3.8) is 0 Å². The number of rotatable bonds is 7. The molecule has 3 nitrogen and oxygen atoms in total. The third-order valence-electron chi connectivity index (χ3n) is 3.55. The molecule has 0 spiro atoms. The molecule has 0 radical (unpaired) electrons. The molecule has 1 aromatic heterocycles. The van der Waals surface area contributed by atoms with E-state index in [-0.39, 0.29) is 5.82 Å². The summed E-state index contributed by atoms with van der Waals surface area (Å²) in [5.41, 5.74) is 3.54. The molecule has 1 N–H and O–H groups in total. The van der Waals surface area contributed by atoms with Crippen molar-refractivity contribution in [3.8, 4) is 5.69 Å². The van der Waals surface area contributed by atoms with E-state index in [1.807, 2.05) is 12.1 Å². The molecule has 0 aliphatic heterocycles. The van der Waals surface area contributed by atoms with Gasteiger partial charge in [0.25, 0.3) is 0 Å². The molecular weight excluding hydrogens is 265 g/mol. The highest BCUT2D eigenvalue weighted by Gasteiger charge is 2.12. The van der Waals surface area contributed by atoms with E-state index in [0.29, 0.717) is 12.2 Å². The summed E-state index contributed by atoms with van der Waals surface area (Å²) in [5.74, 6) is -0.216. The standard InChI is InChI=1S/C17H24FN3/c1-4-9-19-12-13-7-8-17(16(18)10-13)21-15(6-3)11-14(5-2)20-21/h7-8,10-11,19H,4-6,9,12H2,1-3H3. The average molecular weight is 289 g/mol. The highest BCUT2D eigenvalue weighted by molar-refractivity contribution is 5.38. The molecule has 0 aliphatic carbocycles. The number of nitrogens with one attached hydrogen (secondary N) is 1. The van der Waals surface area contributed by atoms with Crippen LogP contribution in [0.5, 0.6) is 0 Å². The smallest absolute Gasteiger partial charge is 0.149 e. The van der Waals surface area contributed by atoms with E-state index in [0.717, 1.165) is 42.8 Å². The minimum atomic E-state index is -0.216. The summed E-state index contributed by atoms with van der Waals surface area (Å²) in [6.45, 7) is 7.89. The molecule has 4 heteroatoms. The lowest BCUT2D eigenvalue weighted by Crippen LogP contribution is -2.14. The maximum atomic E-state index is 14.4. The molecule has 0 atom stereocenters. The van der Waals surface area contributed by atoms with Crippen LogP contribution in [0.3, 0.4) is 0 Å². The van der Waals surface area contributed by atoms with Gasteiger partial charge < -0.3 is 5.32 Å². The molecule has 1 aromatic carbocycles. The second-order valence-electron chi connectivity index (χ2n) is 5.21. The maximum absolute atomic E-state index is 14.4. The topological polar surface area (TPSA) is 29.9 Å². The lowest BCUT2D eigenvalue weighted by atomic mass is 10.2. The van der Waals surface area contributed by atoms with Gasteiger partial charge in [-0.05, 0) is 49.6 Å². The molecule has 21 heavy (non-hydrogen) atoms. The first-order valence-electron chi connectivity index (χ1n) is 7.76. The summed E-state index contributed by atoms with van der Waals surface area (Å²) in [4.78, 5) is 0. The van der Waals surface area contributed by atoms with Crippen LogP contribution in [-0.2, 0) is 19.4 Å². The van der Waals surface area contributed by atoms with Gasteiger partial charge in [0.2, 0.25) is 0 Å². The highest BCUT2D eigenvalue weighted by atomic mass is 19.1. The summed E-state index contributed by atoms with van der Waals surface area (Å²) in [7, 11) is 0. The average Bonchev–Trinajstić information content (AvgIpc) is 2.91. The SMILES string of the molecule is CCCNCc1ccc(-n2nc(CC)cc2CC)c(F)c1. The van der Waals surface area contributed by atoms with Crippen LogP contribution >= 0.6 is 0 Å². The van der Waals surface area contributed by atoms with Gasteiger partial charge in [-0.1, -0.05) is 26.8 Å². The number of hydrogen-bond donors (Lipinski definition) is 1. The molecular formula is C17H24FN3. The van der Waals surface area contributed by atoms with Crippen LogP contribution in [0.4, 0.5) is 4.39 Å². The second-order valence-corrected chi connectivity index (χ2v) is 5.21. The van der Waals surface area contributed by atoms with E-state index >= 15 is 0 Å². The lowest BCUT2D eigenvalue weighted by Gasteiger charge is -2.09. The number of aromatic nitrogens is 2. The zero-order valence-corrected chi connectivity index (χ0v) is 13.1. The van der Waals surface area contributed by atoms with Crippen LogP contribution in [0.15, 0.2) is 24.3 Å². The van der Waals surface area contributed by atoms with Gasteiger partial charge in [-0.3, -0.25) is 0 Å². The van der Waals surface area contributed by atoms with Crippen LogP contribution in [0.2, 0.25) is 0 Å². The molecule has 0 bridgehead atoms. The molecule has 0 amide bonds. The van der Waals surface area contributed by atoms with Gasteiger partial charge in [0, 0.05) is 12.2 Å². The maximum Gasteiger partial charge on any atom is 0.149 e. The summed E-state index contributed by atoms with van der Waals surface area (Å²) >= 11 is 0. The van der Waals surface area contributed by atoms with Crippen molar-refractivity contribution >= 4 is 0 Å². The van der Waals surface area contributed by atoms with Gasteiger partial charge in [0.05, 0.1) is 5.69 Å². The first-order chi connectivity index (χ1) is 10.2. The van der Waals surface area contributed by atoms with Crippen molar-refractivity contribution in [2.45, 2.75) is 46.6 Å². The normalized spacial score (nSPS) is 11.0. The molecule has 0 unspecified atom stereocenters. The molecule has 1 heterocycles. The molecule has 0 saturated heterocycles. The Morgan fingerprint density at radius 1 is 1.14 bits per heavy atom. The summed E-state index contributed by atoms with van der Waals surface area (Å²) in [6.07, 6.45) is 2.78. The minimum Gasteiger partial charge on any atom is -0.313 e. The Kier molecular flexibility index (Phi) is 5.51. The van der Waals surface area contributed by atoms with Crippen molar-refractivity contribution < 1.29 is 4.39 Å². The molecule has 0 saturated carbocycles. The Hall–Kier alpha value is -1.68. The van der Waals surface area contributed by atoms with Crippen molar-refractivity contribution in [2.75, 3.05) is 6.54 Å². The number of halogens is 1. The predicted octanol–water partition coefficient (Wildman–Crippen LogP) is 3.64. The summed E-state index contributed by atoms with van der Waals surface area (Å²) in [5, 5.41) is 7.78. The molecule has 114 valence electrons. The quantitative estimate of drug-likeness (QED) is 0.789. The molecule has 0 aliphatic rings. The fourth-order valence-electron chi connectivity index (χ4n) is 2.35. The largest absolute Gasteiger partial charge is 0.313 e. The Balaban J connectivity index is 2.26. The van der Waals surface area contributed by atoms with Gasteiger partial charge in [-0.25, -0.2) is 9.07 Å². The number of hydrogen-bond acceptors (Lipinski definition) is 2. The predicted molar refractivity (Wildman–Crippen MR) is 84.3 cm³/mol. The first kappa shape index (κ1) is 15.7. The Bertz CT molecular complexity index is 590. The summed E-state index contributed by atoms with van der Waals surface area (Å²) < 4.78 is 16.1. The van der Waals surface area contributed by atoms with Crippen molar-refractivity contribution in [3.05, 3.63) is 47.0 Å². The van der Waals surface area contributed by atoms with Crippen molar-refractivity contribution in [1.82, 2.24) is 15.1 Å². The molecule has 2 rings (SSSR count). The highest BCUT2D eigenvalue weighted by Crippen LogP contribution is 2.18. The van der Waals surface area contributed by atoms with E-state index in [2.05, 4.69) is 37.3 Å². The minimum absolute atomic E-state index is 0.216.